The summed E-state index contributed by atoms with van der Waals surface area (Å²) >= 11 is 0. The van der Waals surface area contributed by atoms with Crippen LogP contribution < -0.4 is 20.1 Å². The lowest BCUT2D eigenvalue weighted by molar-refractivity contribution is -0.137. The van der Waals surface area contributed by atoms with Crippen LogP contribution >= 0.6 is 0 Å². The number of alkyl halides is 3. The Kier molecular flexibility index (Phi) is 7.39. The number of allylic oxidation sites excluding steroid dienone is 3. The number of ketones is 1. The van der Waals surface area contributed by atoms with Gasteiger partial charge in [0.15, 0.2) is 5.78 Å². The smallest absolute Gasteiger partial charge is 0.416 e. The molecule has 1 aliphatic carbocycles. The Morgan fingerprint density at radius 3 is 2.42 bits per heavy atom. The monoisotopic (exact) mass is 607 g/mol. The van der Waals surface area contributed by atoms with E-state index in [1.807, 2.05) is 6.07 Å². The maximum Gasteiger partial charge on any atom is 0.416 e. The summed E-state index contributed by atoms with van der Waals surface area (Å²) < 4.78 is 52.7. The predicted molar refractivity (Wildman–Crippen MR) is 159 cm³/mol. The van der Waals surface area contributed by atoms with Crippen molar-refractivity contribution < 1.29 is 27.4 Å². The van der Waals surface area contributed by atoms with Gasteiger partial charge in [-0.3, -0.25) is 9.69 Å². The van der Waals surface area contributed by atoms with E-state index in [2.05, 4.69) is 6.07 Å². The van der Waals surface area contributed by atoms with Gasteiger partial charge in [0.05, 0.1) is 47.4 Å². The zero-order chi connectivity index (χ0) is 31.9. The van der Waals surface area contributed by atoms with Crippen LogP contribution in [0.2, 0.25) is 0 Å². The second-order valence-electron chi connectivity index (χ2n) is 10.5. The Morgan fingerprint density at radius 1 is 0.978 bits per heavy atom. The molecule has 1 unspecified atom stereocenters. The third-order valence-electron chi connectivity index (χ3n) is 7.87. The van der Waals surface area contributed by atoms with E-state index in [0.717, 1.165) is 12.1 Å². The fourth-order valence-electron chi connectivity index (χ4n) is 5.79. The van der Waals surface area contributed by atoms with Crippen molar-refractivity contribution >= 4 is 22.4 Å². The van der Waals surface area contributed by atoms with Gasteiger partial charge in [0, 0.05) is 34.3 Å². The van der Waals surface area contributed by atoms with E-state index in [4.69, 9.17) is 20.2 Å². The number of nitrogens with zero attached hydrogens (tertiary/aromatic N) is 4. The molecule has 0 amide bonds. The first-order valence-corrected chi connectivity index (χ1v) is 13.9. The third-order valence-corrected chi connectivity index (χ3v) is 7.87. The highest BCUT2D eigenvalue weighted by molar-refractivity contribution is 6.01. The summed E-state index contributed by atoms with van der Waals surface area (Å²) in [6, 6.07) is 22.2. The molecule has 6 rings (SSSR count). The number of benzene rings is 3. The topological polar surface area (TPSA) is 125 Å². The van der Waals surface area contributed by atoms with Gasteiger partial charge in [-0.2, -0.15) is 23.7 Å². The summed E-state index contributed by atoms with van der Waals surface area (Å²) in [5, 5.41) is 20.4. The molecule has 0 radical (unpaired) electrons. The summed E-state index contributed by atoms with van der Waals surface area (Å²) in [4.78, 5) is 19.9. The number of halogens is 3. The van der Waals surface area contributed by atoms with Crippen LogP contribution in [0, 0.1) is 22.7 Å². The molecule has 0 saturated carbocycles. The van der Waals surface area contributed by atoms with Crippen molar-refractivity contribution in [3.63, 3.8) is 0 Å². The molecule has 2 aliphatic rings. The molecule has 2 N–H and O–H groups in total. The number of nitrogens with two attached hydrogens (primary N) is 1. The highest BCUT2D eigenvalue weighted by atomic mass is 19.4. The summed E-state index contributed by atoms with van der Waals surface area (Å²) in [6.45, 7) is 0. The fraction of sp³-hybridized carbons (Fsp3) is 0.176. The molecule has 45 heavy (non-hydrogen) atoms. The largest absolute Gasteiger partial charge is 0.497 e. The maximum atomic E-state index is 13.7. The highest BCUT2D eigenvalue weighted by Gasteiger charge is 2.42. The van der Waals surface area contributed by atoms with Crippen LogP contribution in [0.1, 0.15) is 41.9 Å². The Labute approximate surface area is 256 Å². The second-order valence-corrected chi connectivity index (χ2v) is 10.5. The van der Waals surface area contributed by atoms with Crippen LogP contribution in [-0.4, -0.2) is 17.9 Å². The van der Waals surface area contributed by atoms with Crippen LogP contribution in [0.3, 0.4) is 0 Å². The number of Topliss-reactive ketones (excluding diaryl/α,β-unsaturated/α-hetero) is 1. The average Bonchev–Trinajstić information content (AvgIpc) is 3.04. The molecule has 224 valence electrons. The Balaban J connectivity index is 1.59. The van der Waals surface area contributed by atoms with Crippen molar-refractivity contribution in [3.05, 3.63) is 112 Å². The van der Waals surface area contributed by atoms with Crippen molar-refractivity contribution in [1.29, 1.82) is 10.5 Å². The van der Waals surface area contributed by atoms with E-state index >= 15 is 0 Å². The molecule has 3 aromatic carbocycles. The molecule has 0 fully saturated rings. The lowest BCUT2D eigenvalue weighted by Gasteiger charge is -2.40. The molecule has 0 spiro atoms. The second kappa shape index (κ2) is 11.4. The van der Waals surface area contributed by atoms with Crippen molar-refractivity contribution in [3.8, 4) is 29.5 Å². The fourth-order valence-corrected chi connectivity index (χ4v) is 5.79. The van der Waals surface area contributed by atoms with E-state index in [1.54, 1.807) is 48.5 Å². The van der Waals surface area contributed by atoms with Gasteiger partial charge < -0.3 is 15.2 Å². The molecular weight excluding hydrogens is 583 g/mol. The van der Waals surface area contributed by atoms with Gasteiger partial charge in [-0.15, -0.1) is 0 Å². The number of ether oxygens (including phenoxy) is 2. The first kappa shape index (κ1) is 29.3. The van der Waals surface area contributed by atoms with Crippen LogP contribution in [0.4, 0.5) is 18.9 Å². The number of nitriles is 2. The van der Waals surface area contributed by atoms with Crippen LogP contribution in [0.15, 0.2) is 95.5 Å². The van der Waals surface area contributed by atoms with Crippen molar-refractivity contribution in [1.82, 2.24) is 4.98 Å². The molecule has 1 atom stereocenters. The number of carbonyl (C=O) groups excluding carboxylic acids is 1. The Morgan fingerprint density at radius 2 is 1.73 bits per heavy atom. The Bertz CT molecular complexity index is 2000. The lowest BCUT2D eigenvalue weighted by Crippen LogP contribution is -2.39. The van der Waals surface area contributed by atoms with Gasteiger partial charge in [-0.1, -0.05) is 6.07 Å². The van der Waals surface area contributed by atoms with E-state index in [-0.39, 0.29) is 40.7 Å². The van der Waals surface area contributed by atoms with Crippen LogP contribution in [0.5, 0.6) is 17.4 Å². The summed E-state index contributed by atoms with van der Waals surface area (Å²) in [6.07, 6.45) is -3.63. The molecule has 0 bridgehead atoms. The molecule has 0 saturated heterocycles. The first-order valence-electron chi connectivity index (χ1n) is 13.9. The number of hydrogen-bond donors (Lipinski definition) is 1. The van der Waals surface area contributed by atoms with Gasteiger partial charge in [-0.05, 0) is 79.6 Å². The number of anilines is 1. The highest BCUT2D eigenvalue weighted by Crippen LogP contribution is 2.49. The Hall–Kier alpha value is -5.81. The average molecular weight is 608 g/mol. The molecule has 8 nitrogen and oxygen atoms in total. The van der Waals surface area contributed by atoms with Gasteiger partial charge in [0.2, 0.25) is 5.88 Å². The van der Waals surface area contributed by atoms with E-state index in [1.165, 1.54) is 24.1 Å². The van der Waals surface area contributed by atoms with E-state index < -0.39 is 17.7 Å². The molecule has 1 aromatic heterocycles. The standard InChI is InChI=1S/C34H24F3N5O3/c1-44-24-12-13-27-20(14-24)15-25(33(41-27)45-23-10-8-19(17-38)9-11-23)30-26(18-39)32(40)42(28-6-3-7-29(43)31(28)30)22-5-2-4-21(16-22)34(35,36)37/h2,4-5,8-16,30H,3,6-7,40H2,1H3. The summed E-state index contributed by atoms with van der Waals surface area (Å²) in [5.74, 6) is -0.355. The molecule has 4 aromatic rings. The number of rotatable bonds is 5. The number of pyridine rings is 1. The van der Waals surface area contributed by atoms with Gasteiger partial charge in [-0.25, -0.2) is 4.98 Å². The van der Waals surface area contributed by atoms with Crippen molar-refractivity contribution in [2.24, 2.45) is 5.73 Å². The number of carbonyl (C=O) groups is 1. The normalized spacial score (nSPS) is 16.7. The summed E-state index contributed by atoms with van der Waals surface area (Å²) in [5.41, 5.74) is 7.82. The molecule has 1 aliphatic heterocycles. The van der Waals surface area contributed by atoms with Gasteiger partial charge in [0.25, 0.3) is 0 Å². The minimum Gasteiger partial charge on any atom is -0.497 e. The number of fused-ring (bicyclic) bond motifs is 1. The van der Waals surface area contributed by atoms with E-state index in [9.17, 15) is 28.5 Å². The lowest BCUT2D eigenvalue weighted by atomic mass is 9.75. The zero-order valence-electron chi connectivity index (χ0n) is 23.9. The maximum absolute atomic E-state index is 13.7. The number of methoxy groups -OCH3 is 1. The van der Waals surface area contributed by atoms with Gasteiger partial charge >= 0.3 is 6.18 Å². The predicted octanol–water partition coefficient (Wildman–Crippen LogP) is 7.23. The van der Waals surface area contributed by atoms with Crippen LogP contribution in [-0.2, 0) is 11.0 Å². The SMILES string of the molecule is COc1ccc2nc(Oc3ccc(C#N)cc3)c(C3C(C#N)=C(N)N(c4cccc(C(F)(F)F)c4)C4=C3C(=O)CCC4)cc2c1. The summed E-state index contributed by atoms with van der Waals surface area (Å²) in [7, 11) is 1.52. The van der Waals surface area contributed by atoms with Gasteiger partial charge in [0.1, 0.15) is 17.3 Å². The molecule has 11 heteroatoms. The van der Waals surface area contributed by atoms with E-state index in [0.29, 0.717) is 52.1 Å². The third kappa shape index (κ3) is 5.30. The van der Waals surface area contributed by atoms with Crippen molar-refractivity contribution in [2.45, 2.75) is 31.4 Å². The van der Waals surface area contributed by atoms with Crippen LogP contribution in [0.25, 0.3) is 10.9 Å². The number of hydrogen-bond acceptors (Lipinski definition) is 8. The first-order chi connectivity index (χ1) is 21.6. The zero-order valence-corrected chi connectivity index (χ0v) is 23.9. The minimum absolute atomic E-state index is 0.0323. The number of aromatic nitrogens is 1. The minimum atomic E-state index is -4.61. The quantitative estimate of drug-likeness (QED) is 0.252. The molecule has 2 heterocycles. The molecular formula is C34H24F3N5O3. The van der Waals surface area contributed by atoms with Crippen molar-refractivity contribution in [2.75, 3.05) is 12.0 Å².